The number of primary amides is 1. The molecule has 1 fully saturated rings. The van der Waals surface area contributed by atoms with Gasteiger partial charge in [-0.1, -0.05) is 150 Å². The Labute approximate surface area is 785 Å². The summed E-state index contributed by atoms with van der Waals surface area (Å²) in [5.74, 6) is -23.0. The maximum Gasteiger partial charge on any atom is 0.326 e. The number of nitrogens with two attached hydrogens (primary N) is 3. The molecule has 1 aliphatic heterocycles. The number of aliphatic hydroxyl groups excluding tert-OH is 1. The highest BCUT2D eigenvalue weighted by Gasteiger charge is 2.43. The van der Waals surface area contributed by atoms with Crippen molar-refractivity contribution in [2.45, 2.75) is 320 Å². The lowest BCUT2D eigenvalue weighted by Crippen LogP contribution is -2.61. The van der Waals surface area contributed by atoms with Crippen LogP contribution in [0.5, 0.6) is 11.5 Å². The number of guanidine groups is 1. The van der Waals surface area contributed by atoms with Gasteiger partial charge in [-0.05, 0) is 131 Å². The van der Waals surface area contributed by atoms with Gasteiger partial charge in [-0.3, -0.25) is 91.7 Å². The van der Waals surface area contributed by atoms with Crippen LogP contribution in [0, 0.1) is 23.2 Å². The van der Waals surface area contributed by atoms with Gasteiger partial charge < -0.3 is 132 Å². The number of aliphatic hydroxyl groups is 1. The van der Waals surface area contributed by atoms with E-state index in [1.807, 2.05) is 5.32 Å². The number of likely N-dealkylation sites (tertiary alicyclic amines) is 1. The molecule has 135 heavy (non-hydrogen) atoms. The van der Waals surface area contributed by atoms with Crippen LogP contribution in [0.1, 0.15) is 234 Å². The molecule has 2 aromatic rings. The minimum atomic E-state index is -2.00. The van der Waals surface area contributed by atoms with Crippen molar-refractivity contribution in [3.63, 3.8) is 0 Å². The average molecular weight is 1910 g/mol. The van der Waals surface area contributed by atoms with E-state index in [1.165, 1.54) is 94.5 Å². The van der Waals surface area contributed by atoms with Crippen LogP contribution in [-0.2, 0) is 104 Å². The number of nitrogens with zero attached hydrogens (tertiary/aromatic N) is 1. The lowest BCUT2D eigenvalue weighted by Gasteiger charge is -2.30. The van der Waals surface area contributed by atoms with E-state index in [-0.39, 0.29) is 113 Å². The third-order valence-electron chi connectivity index (χ3n) is 22.8. The molecule has 0 radical (unpaired) electrons. The quantitative estimate of drug-likeness (QED) is 0.0203. The molecule has 0 spiro atoms. The lowest BCUT2D eigenvalue weighted by atomic mass is 9.97. The van der Waals surface area contributed by atoms with Crippen molar-refractivity contribution in [1.82, 2.24) is 84.7 Å². The SMILES string of the molecule is CCCCCCCCCCCCCC(=O)N[C@@H](CO)C(=O)N[C@H](C(=O)N[C@@H](CCCNC(=N)N)C(=O)N[C@@H](CCCCN)C(=O)N[C@@H](C)C(=O)N[C@@H](CC(C)C)C(=O)N[C@@H](CC(N)=O)C(=O)N[C@H](C(=O)N[C@@H](C)C(=O)NCC(=O)N[C@@H](Cc1ccc(O)cc1)C(=O)N1CCC[C@H]1C(=O)N[C@@H](CC(=O)O)C(=O)N[C@@H](Cc1ccc(O)cc1)C(=O)N[C@@H](CC(=O)O)C(=O)O)[C@@H](C)CC)[C@@H](C)CC. The number of phenolic OH excluding ortho intramolecular Hbond substituents is 2. The average Bonchev–Trinajstić information content (AvgIpc) is 1.70. The first-order chi connectivity index (χ1) is 63.9. The Bertz CT molecular complexity index is 4280. The Hall–Kier alpha value is -12.8. The topological polar surface area (TPSA) is 731 Å². The first-order valence-corrected chi connectivity index (χ1v) is 46.3. The summed E-state index contributed by atoms with van der Waals surface area (Å²) >= 11 is 0. The first kappa shape index (κ1) is 116. The summed E-state index contributed by atoms with van der Waals surface area (Å²) in [7, 11) is 0. The van der Waals surface area contributed by atoms with Gasteiger partial charge in [-0.2, -0.15) is 0 Å². The smallest absolute Gasteiger partial charge is 0.326 e. The number of hydrogen-bond donors (Lipinski definition) is 25. The van der Waals surface area contributed by atoms with Gasteiger partial charge in [0.1, 0.15) is 96.1 Å². The Balaban J connectivity index is 1.80. The number of benzene rings is 2. The van der Waals surface area contributed by atoms with Crippen LogP contribution < -0.4 is 97.0 Å². The molecule has 45 nitrogen and oxygen atoms in total. The fraction of sp³-hybridized carbons (Fsp3) is 0.644. The number of carbonyl (C=O) groups excluding carboxylic acids is 16. The summed E-state index contributed by atoms with van der Waals surface area (Å²) in [6, 6.07) is -11.5. The third kappa shape index (κ3) is 44.3. The maximum atomic E-state index is 14.7. The molecule has 16 atom stereocenters. The summed E-state index contributed by atoms with van der Waals surface area (Å²) in [5, 5.41) is 104. The largest absolute Gasteiger partial charge is 0.508 e. The van der Waals surface area contributed by atoms with E-state index in [0.29, 0.717) is 24.8 Å². The van der Waals surface area contributed by atoms with Gasteiger partial charge in [0.2, 0.25) is 94.5 Å². The molecule has 754 valence electrons. The predicted octanol–water partition coefficient (Wildman–Crippen LogP) is -1.53. The van der Waals surface area contributed by atoms with Gasteiger partial charge in [-0.15, -0.1) is 0 Å². The number of hydrogen-bond acceptors (Lipinski definition) is 24. The van der Waals surface area contributed by atoms with Gasteiger partial charge in [0, 0.05) is 32.4 Å². The molecule has 0 bridgehead atoms. The fourth-order valence-corrected chi connectivity index (χ4v) is 14.6. The highest BCUT2D eigenvalue weighted by molar-refractivity contribution is 6.02. The van der Waals surface area contributed by atoms with E-state index in [9.17, 15) is 122 Å². The number of carboxylic acid groups (broad SMARTS) is 3. The molecule has 1 aliphatic rings. The summed E-state index contributed by atoms with van der Waals surface area (Å²) in [4.78, 5) is 261. The molecule has 16 amide bonds. The number of carbonyl (C=O) groups is 19. The van der Waals surface area contributed by atoms with Crippen molar-refractivity contribution >= 4 is 118 Å². The van der Waals surface area contributed by atoms with Gasteiger partial charge in [0.15, 0.2) is 5.96 Å². The number of aliphatic carboxylic acids is 3. The van der Waals surface area contributed by atoms with E-state index in [4.69, 9.17) is 22.6 Å². The lowest BCUT2D eigenvalue weighted by molar-refractivity contribution is -0.147. The number of rotatable bonds is 66. The molecule has 0 aromatic heterocycles. The molecular weight excluding hydrogens is 1760 g/mol. The molecule has 0 aliphatic carbocycles. The van der Waals surface area contributed by atoms with Crippen molar-refractivity contribution in [2.24, 2.45) is 35.0 Å². The van der Waals surface area contributed by atoms with E-state index < -0.39 is 248 Å². The normalized spacial score (nSPS) is 15.6. The Kier molecular flexibility index (Phi) is 53.3. The van der Waals surface area contributed by atoms with E-state index in [2.05, 4.69) is 81.4 Å². The second kappa shape index (κ2) is 61.9. The number of nitrogens with one attached hydrogen (secondary N) is 16. The zero-order chi connectivity index (χ0) is 101. The standard InChI is InChI=1S/C90H144N20O25/c1-10-13-14-15-16-17-18-19-20-21-22-30-70(115)100-67(49-111)84(129)109-75(52(7)12-3)87(132)102-60(28-25-40-95-90(93)94)79(124)101-59(27-23-24-39-91)78(123)97-54(9)77(122)103-61(42-50(4)5)80(125)105-63(45-69(92)114)83(128)108-74(51(6)11-2)86(131)98-53(8)76(121)96-48-71(116)99-65(44-56-33-37-58(113)38-34-56)88(133)110-41-26-29-68(110)85(130)106-64(46-72(117)118)82(127)104-62(43-55-31-35-57(112)36-32-55)81(126)107-66(89(134)135)47-73(119)120/h31-38,50-54,59-68,74-75,111-113H,10-30,39-49,91H2,1-9H3,(H2,92,114)(H,96,121)(H,97,123)(H,98,131)(H,99,116)(H,100,115)(H,101,124)(H,102,132)(H,103,122)(H,104,127)(H,105,125)(H,106,130)(H,107,126)(H,108,128)(H,109,129)(H,117,118)(H,119,120)(H,134,135)(H4,93,94,95)/t51-,52-,53-,54-,59-,60-,61-,62-,63-,64-,65-,66-,67-,68-,74-,75-/m0/s1. The van der Waals surface area contributed by atoms with Crippen LogP contribution in [0.2, 0.25) is 0 Å². The maximum absolute atomic E-state index is 14.7. The highest BCUT2D eigenvalue weighted by Crippen LogP contribution is 2.23. The van der Waals surface area contributed by atoms with Crippen LogP contribution in [0.15, 0.2) is 48.5 Å². The predicted molar refractivity (Wildman–Crippen MR) is 492 cm³/mol. The van der Waals surface area contributed by atoms with Crippen molar-refractivity contribution < 1.29 is 122 Å². The minimum Gasteiger partial charge on any atom is -0.508 e. The molecule has 1 saturated heterocycles. The van der Waals surface area contributed by atoms with Crippen LogP contribution in [0.25, 0.3) is 0 Å². The fourth-order valence-electron chi connectivity index (χ4n) is 14.6. The van der Waals surface area contributed by atoms with Crippen molar-refractivity contribution in [1.29, 1.82) is 5.41 Å². The van der Waals surface area contributed by atoms with E-state index in [1.54, 1.807) is 41.5 Å². The summed E-state index contributed by atoms with van der Waals surface area (Å²) in [6.45, 7) is 13.2. The van der Waals surface area contributed by atoms with Gasteiger partial charge in [0.05, 0.1) is 32.4 Å². The second-order valence-electron chi connectivity index (χ2n) is 34.6. The Morgan fingerprint density at radius 1 is 0.430 bits per heavy atom. The Morgan fingerprint density at radius 2 is 0.852 bits per heavy atom. The zero-order valence-electron chi connectivity index (χ0n) is 78.7. The number of unbranched alkanes of at least 4 members (excludes halogenated alkanes) is 11. The summed E-state index contributed by atoms with van der Waals surface area (Å²) in [6.07, 6.45) is 9.12. The Morgan fingerprint density at radius 3 is 1.36 bits per heavy atom. The summed E-state index contributed by atoms with van der Waals surface area (Å²) < 4.78 is 0. The minimum absolute atomic E-state index is 0.0499. The zero-order valence-corrected chi connectivity index (χ0v) is 78.7. The van der Waals surface area contributed by atoms with E-state index in [0.717, 1.165) is 37.0 Å². The molecule has 0 unspecified atom stereocenters. The van der Waals surface area contributed by atoms with Crippen LogP contribution >= 0.6 is 0 Å². The second-order valence-corrected chi connectivity index (χ2v) is 34.6. The van der Waals surface area contributed by atoms with Crippen LogP contribution in [0.3, 0.4) is 0 Å². The number of carboxylic acids is 3. The number of aromatic hydroxyl groups is 2. The van der Waals surface area contributed by atoms with Crippen molar-refractivity contribution in [3.8, 4) is 11.5 Å². The highest BCUT2D eigenvalue weighted by atomic mass is 16.4. The van der Waals surface area contributed by atoms with Crippen LogP contribution in [-0.4, -0.2) is 271 Å². The van der Waals surface area contributed by atoms with Gasteiger partial charge in [0.25, 0.3) is 0 Å². The van der Waals surface area contributed by atoms with Crippen molar-refractivity contribution in [2.75, 3.05) is 32.8 Å². The molecule has 2 aromatic carbocycles. The molecule has 3 rings (SSSR count). The van der Waals surface area contributed by atoms with Crippen molar-refractivity contribution in [3.05, 3.63) is 59.7 Å². The van der Waals surface area contributed by atoms with Gasteiger partial charge in [-0.25, -0.2) is 4.79 Å². The number of amides is 16. The third-order valence-corrected chi connectivity index (χ3v) is 22.8. The molecule has 28 N–H and O–H groups in total. The number of phenols is 2. The monoisotopic (exact) mass is 1910 g/mol. The van der Waals surface area contributed by atoms with Crippen LogP contribution in [0.4, 0.5) is 0 Å². The summed E-state index contributed by atoms with van der Waals surface area (Å²) in [5.41, 5.74) is 17.6. The molecular formula is C90H144N20O25. The molecule has 0 saturated carbocycles. The first-order valence-electron chi connectivity index (χ1n) is 46.3. The van der Waals surface area contributed by atoms with Gasteiger partial charge >= 0.3 is 17.9 Å². The van der Waals surface area contributed by atoms with E-state index >= 15 is 0 Å². The molecule has 1 heterocycles. The molecule has 45 heteroatoms.